The second-order valence-corrected chi connectivity index (χ2v) is 11.6. The number of rotatable bonds is 18. The number of pyridine rings is 1. The van der Waals surface area contributed by atoms with Gasteiger partial charge in [0.25, 0.3) is 0 Å². The molecule has 0 bridgehead atoms. The highest BCUT2D eigenvalue weighted by molar-refractivity contribution is 8.00. The fourth-order valence-electron chi connectivity index (χ4n) is 5.17. The van der Waals surface area contributed by atoms with Gasteiger partial charge in [0.2, 0.25) is 0 Å². The van der Waals surface area contributed by atoms with Crippen molar-refractivity contribution in [2.24, 2.45) is 0 Å². The molecule has 4 rings (SSSR count). The van der Waals surface area contributed by atoms with Crippen LogP contribution in [0.1, 0.15) is 83.5 Å². The number of nitrogens with zero attached hydrogens (tertiary/aromatic N) is 4. The summed E-state index contributed by atoms with van der Waals surface area (Å²) in [5.41, 5.74) is 1.69. The molecule has 0 saturated carbocycles. The fourth-order valence-corrected chi connectivity index (χ4v) is 6.71. The molecular weight excluding hydrogens is 500 g/mol. The number of aryl methyl sites for hydroxylation is 1. The molecule has 4 heterocycles. The lowest BCUT2D eigenvalue weighted by molar-refractivity contribution is -0.143. The monoisotopic (exact) mass is 542 g/mol. The minimum Gasteiger partial charge on any atom is -0.466 e. The van der Waals surface area contributed by atoms with Crippen molar-refractivity contribution in [3.63, 3.8) is 0 Å². The van der Waals surface area contributed by atoms with Crippen molar-refractivity contribution in [3.05, 3.63) is 30.6 Å². The Balaban J connectivity index is 0.896. The number of thioether (sulfide) groups is 1. The Kier molecular flexibility index (Phi) is 11.7. The second-order valence-electron chi connectivity index (χ2n) is 10.4. The van der Waals surface area contributed by atoms with Crippen LogP contribution >= 0.6 is 11.8 Å². The number of carbonyl (C=O) groups is 2. The molecule has 38 heavy (non-hydrogen) atoms. The first-order valence-corrected chi connectivity index (χ1v) is 15.4. The van der Waals surface area contributed by atoms with Gasteiger partial charge in [-0.3, -0.25) is 14.5 Å². The van der Waals surface area contributed by atoms with Crippen LogP contribution in [0, 0.1) is 0 Å². The van der Waals surface area contributed by atoms with Gasteiger partial charge in [0.15, 0.2) is 0 Å². The molecule has 2 aliphatic heterocycles. The maximum Gasteiger partial charge on any atom is 0.315 e. The first-order chi connectivity index (χ1) is 18.7. The Labute approximate surface area is 230 Å². The number of urea groups is 1. The smallest absolute Gasteiger partial charge is 0.315 e. The highest BCUT2D eigenvalue weighted by Crippen LogP contribution is 2.33. The Hall–Kier alpha value is -2.62. The van der Waals surface area contributed by atoms with Crippen molar-refractivity contribution in [1.29, 1.82) is 0 Å². The van der Waals surface area contributed by atoms with E-state index in [1.54, 1.807) is 6.20 Å². The molecule has 0 radical (unpaired) electrons. The third-order valence-electron chi connectivity index (χ3n) is 7.32. The summed E-state index contributed by atoms with van der Waals surface area (Å²) in [5.74, 6) is 0.910. The predicted octanol–water partition coefficient (Wildman–Crippen LogP) is 5.12. The zero-order valence-corrected chi connectivity index (χ0v) is 23.2. The van der Waals surface area contributed by atoms with E-state index in [1.807, 2.05) is 40.8 Å². The third-order valence-corrected chi connectivity index (χ3v) is 8.83. The van der Waals surface area contributed by atoms with Gasteiger partial charge in [-0.15, -0.1) is 5.10 Å². The lowest BCUT2D eigenvalue weighted by Gasteiger charge is -2.16. The summed E-state index contributed by atoms with van der Waals surface area (Å²) >= 11 is 1.92. The van der Waals surface area contributed by atoms with Gasteiger partial charge >= 0.3 is 12.0 Å². The van der Waals surface area contributed by atoms with Gasteiger partial charge in [0.1, 0.15) is 5.69 Å². The molecule has 0 aromatic carbocycles. The van der Waals surface area contributed by atoms with Crippen LogP contribution in [-0.4, -0.2) is 61.7 Å². The zero-order valence-electron chi connectivity index (χ0n) is 22.4. The largest absolute Gasteiger partial charge is 0.466 e. The Morgan fingerprint density at radius 2 is 1.76 bits per heavy atom. The molecule has 2 aliphatic rings. The number of unbranched alkanes of at least 4 members (excludes halogenated alkanes) is 9. The first kappa shape index (κ1) is 28.4. The second kappa shape index (κ2) is 15.7. The predicted molar refractivity (Wildman–Crippen MR) is 150 cm³/mol. The van der Waals surface area contributed by atoms with Crippen LogP contribution in [-0.2, 0) is 16.1 Å². The van der Waals surface area contributed by atoms with E-state index in [1.165, 1.54) is 38.5 Å². The van der Waals surface area contributed by atoms with E-state index in [4.69, 9.17) is 4.74 Å². The number of esters is 1. The molecule has 10 heteroatoms. The minimum atomic E-state index is -0.0726. The maximum atomic E-state index is 12.0. The summed E-state index contributed by atoms with van der Waals surface area (Å²) in [7, 11) is 0. The highest BCUT2D eigenvalue weighted by atomic mass is 32.2. The quantitative estimate of drug-likeness (QED) is 0.153. The van der Waals surface area contributed by atoms with E-state index in [-0.39, 0.29) is 24.1 Å². The number of carbonyl (C=O) groups excluding carboxylic acids is 2. The van der Waals surface area contributed by atoms with E-state index < -0.39 is 0 Å². The summed E-state index contributed by atoms with van der Waals surface area (Å²) in [6, 6.07) is 6.29. The average molecular weight is 543 g/mol. The Morgan fingerprint density at radius 1 is 0.974 bits per heavy atom. The average Bonchev–Trinajstić information content (AvgIpc) is 3.64. The summed E-state index contributed by atoms with van der Waals surface area (Å²) in [6.45, 7) is 1.44. The van der Waals surface area contributed by atoms with E-state index >= 15 is 0 Å². The lowest BCUT2D eigenvalue weighted by atomic mass is 10.0. The van der Waals surface area contributed by atoms with Crippen LogP contribution < -0.4 is 10.6 Å². The molecular formula is C28H42N6O3S. The van der Waals surface area contributed by atoms with Crippen molar-refractivity contribution in [2.75, 3.05) is 12.4 Å². The first-order valence-electron chi connectivity index (χ1n) is 14.3. The van der Waals surface area contributed by atoms with Gasteiger partial charge < -0.3 is 15.4 Å². The van der Waals surface area contributed by atoms with Gasteiger partial charge in [-0.2, -0.15) is 11.8 Å². The summed E-state index contributed by atoms with van der Waals surface area (Å²) in [5, 5.41) is 14.9. The number of hydrogen-bond acceptors (Lipinski definition) is 7. The number of hydrogen-bond donors (Lipinski definition) is 2. The van der Waals surface area contributed by atoms with Gasteiger partial charge in [-0.05, 0) is 37.8 Å². The minimum absolute atomic E-state index is 0.0409. The van der Waals surface area contributed by atoms with Crippen molar-refractivity contribution >= 4 is 23.8 Å². The fraction of sp³-hybridized carbons (Fsp3) is 0.679. The number of fused-ring (bicyclic) bond motifs is 1. The van der Waals surface area contributed by atoms with Crippen LogP contribution in [0.25, 0.3) is 11.4 Å². The van der Waals surface area contributed by atoms with Crippen molar-refractivity contribution in [2.45, 2.75) is 107 Å². The van der Waals surface area contributed by atoms with Crippen molar-refractivity contribution in [1.82, 2.24) is 30.6 Å². The van der Waals surface area contributed by atoms with Gasteiger partial charge in [-0.1, -0.05) is 62.6 Å². The molecule has 2 fully saturated rings. The number of aromatic nitrogens is 4. The number of nitrogens with one attached hydrogen (secondary N) is 2. The summed E-state index contributed by atoms with van der Waals surface area (Å²) < 4.78 is 7.32. The summed E-state index contributed by atoms with van der Waals surface area (Å²) in [4.78, 5) is 27.7. The van der Waals surface area contributed by atoms with Crippen LogP contribution in [0.15, 0.2) is 30.6 Å². The molecule has 9 nitrogen and oxygen atoms in total. The molecule has 3 atom stereocenters. The Morgan fingerprint density at radius 3 is 2.55 bits per heavy atom. The molecule has 208 valence electrons. The maximum absolute atomic E-state index is 12.0. The van der Waals surface area contributed by atoms with E-state index in [0.29, 0.717) is 18.3 Å². The third kappa shape index (κ3) is 9.29. The van der Waals surface area contributed by atoms with Gasteiger partial charge in [0.05, 0.1) is 30.6 Å². The molecule has 2 N–H and O–H groups in total. The van der Waals surface area contributed by atoms with Crippen LogP contribution in [0.2, 0.25) is 0 Å². The molecule has 2 aromatic heterocycles. The summed E-state index contributed by atoms with van der Waals surface area (Å²) in [6.07, 6.45) is 17.8. The number of ether oxygens (including phenoxy) is 1. The van der Waals surface area contributed by atoms with Gasteiger partial charge in [0, 0.05) is 30.2 Å². The molecule has 0 aliphatic carbocycles. The van der Waals surface area contributed by atoms with Crippen molar-refractivity contribution in [3.8, 4) is 11.4 Å². The van der Waals surface area contributed by atoms with E-state index in [9.17, 15) is 9.59 Å². The molecule has 0 spiro atoms. The number of amides is 2. The Bertz CT molecular complexity index is 988. The standard InChI is InChI=1S/C28H42N6O3S/c35-26(16-9-8-15-25-27-24(21-38-25)30-28(36)31-27)37-19-13-7-5-3-1-2-4-6-12-18-34-20-23(32-33-34)22-14-10-11-17-29-22/h10-11,14,17,20,24-25,27H,1-9,12-13,15-16,18-19,21H2,(H2,30,31,36)/t24-,25-,27-/m0/s1. The zero-order chi connectivity index (χ0) is 26.4. The van der Waals surface area contributed by atoms with Gasteiger partial charge in [-0.25, -0.2) is 4.79 Å². The molecule has 2 aromatic rings. The highest BCUT2D eigenvalue weighted by Gasteiger charge is 2.42. The topological polar surface area (TPSA) is 111 Å². The van der Waals surface area contributed by atoms with Crippen molar-refractivity contribution < 1.29 is 14.3 Å². The molecule has 0 unspecified atom stereocenters. The van der Waals surface area contributed by atoms with Crippen LogP contribution in [0.3, 0.4) is 0 Å². The van der Waals surface area contributed by atoms with Crippen LogP contribution in [0.5, 0.6) is 0 Å². The van der Waals surface area contributed by atoms with Crippen LogP contribution in [0.4, 0.5) is 4.79 Å². The van der Waals surface area contributed by atoms with E-state index in [0.717, 1.165) is 62.2 Å². The normalized spacial score (nSPS) is 20.2. The SMILES string of the molecule is O=C1N[C@H]2[C@H](CS[C@H]2CCCCC(=O)OCCCCCCCCCCCn2cc(-c3ccccn3)nn2)N1. The molecule has 2 amide bonds. The lowest BCUT2D eigenvalue weighted by Crippen LogP contribution is -2.36. The molecule has 2 saturated heterocycles. The van der Waals surface area contributed by atoms with E-state index in [2.05, 4.69) is 25.9 Å².